The number of aromatic amines is 2. The lowest BCUT2D eigenvalue weighted by atomic mass is 10.1. The van der Waals surface area contributed by atoms with E-state index >= 15 is 0 Å². The second-order valence-corrected chi connectivity index (χ2v) is 7.78. The van der Waals surface area contributed by atoms with Crippen LogP contribution in [0.5, 0.6) is 5.75 Å². The van der Waals surface area contributed by atoms with Gasteiger partial charge in [-0.2, -0.15) is 5.10 Å². The molecule has 0 spiro atoms. The van der Waals surface area contributed by atoms with E-state index in [2.05, 4.69) is 35.7 Å². The summed E-state index contributed by atoms with van der Waals surface area (Å²) in [5.41, 5.74) is 1.84. The number of hydrogen-bond donors (Lipinski definition) is 5. The predicted molar refractivity (Wildman–Crippen MR) is 118 cm³/mol. The summed E-state index contributed by atoms with van der Waals surface area (Å²) in [5.74, 6) is -2.36. The van der Waals surface area contributed by atoms with Gasteiger partial charge in [0.25, 0.3) is 5.91 Å². The number of benzene rings is 2. The number of fused-ring (bicyclic) bond motifs is 1. The summed E-state index contributed by atoms with van der Waals surface area (Å²) in [4.78, 5) is 22.5. The van der Waals surface area contributed by atoms with E-state index in [-0.39, 0.29) is 11.4 Å². The number of imidazole rings is 1. The molecule has 1 amide bonds. The number of carbonyl (C=O) groups is 1. The summed E-state index contributed by atoms with van der Waals surface area (Å²) in [7, 11) is 0. The van der Waals surface area contributed by atoms with Crippen molar-refractivity contribution < 1.29 is 18.7 Å². The lowest BCUT2D eigenvalue weighted by Gasteiger charge is -2.27. The van der Waals surface area contributed by atoms with Crippen molar-refractivity contribution in [3.05, 3.63) is 59.3 Å². The largest absolute Gasteiger partial charge is 0.508 e. The van der Waals surface area contributed by atoms with Crippen molar-refractivity contribution in [3.8, 4) is 17.3 Å². The molecule has 0 aliphatic carbocycles. The Morgan fingerprint density at radius 1 is 1.15 bits per heavy atom. The fourth-order valence-corrected chi connectivity index (χ4v) is 3.95. The van der Waals surface area contributed by atoms with Gasteiger partial charge in [0.2, 0.25) is 0 Å². The Balaban J connectivity index is 1.47. The minimum Gasteiger partial charge on any atom is -0.508 e. The number of aromatic hydroxyl groups is 1. The van der Waals surface area contributed by atoms with Gasteiger partial charge in [0.1, 0.15) is 28.6 Å². The molecule has 0 bridgehead atoms. The van der Waals surface area contributed by atoms with Crippen LogP contribution in [0.1, 0.15) is 15.9 Å². The van der Waals surface area contributed by atoms with E-state index in [1.54, 1.807) is 12.1 Å². The first-order valence-corrected chi connectivity index (χ1v) is 10.4. The van der Waals surface area contributed by atoms with E-state index in [1.807, 2.05) is 0 Å². The second-order valence-electron chi connectivity index (χ2n) is 7.78. The maximum Gasteiger partial charge on any atom is 0.261 e. The number of nitrogens with one attached hydrogen (secondary N) is 4. The fraction of sp³-hybridized carbons (Fsp3) is 0.227. The van der Waals surface area contributed by atoms with Crippen molar-refractivity contribution >= 4 is 22.6 Å². The van der Waals surface area contributed by atoms with Crippen molar-refractivity contribution in [2.45, 2.75) is 6.54 Å². The molecule has 2 aromatic heterocycles. The lowest BCUT2D eigenvalue weighted by molar-refractivity contribution is 0.101. The standard InChI is InChI=1S/C22H21F2N7O2/c23-13-2-1-3-14(24)18(13)22(33)28-16-10-26-30-20(16)21-27-15-4-5-17(32)12(19(15)29-21)11-31-8-6-25-7-9-31/h1-5,10,25,32H,6-9,11H2,(H,26,30)(H,27,29)(H,28,33). The number of amides is 1. The number of hydrogen-bond acceptors (Lipinski definition) is 6. The average Bonchev–Trinajstić information content (AvgIpc) is 3.43. The summed E-state index contributed by atoms with van der Waals surface area (Å²) in [6, 6.07) is 6.54. The summed E-state index contributed by atoms with van der Waals surface area (Å²) in [6.07, 6.45) is 1.33. The van der Waals surface area contributed by atoms with Gasteiger partial charge in [-0.1, -0.05) is 6.07 Å². The van der Waals surface area contributed by atoms with Crippen LogP contribution in [-0.2, 0) is 6.54 Å². The van der Waals surface area contributed by atoms with E-state index in [4.69, 9.17) is 0 Å². The second kappa shape index (κ2) is 8.60. The number of phenolic OH excluding ortho intramolecular Hbond substituents is 1. The third kappa shape index (κ3) is 4.03. The van der Waals surface area contributed by atoms with Crippen LogP contribution in [0.15, 0.2) is 36.5 Å². The molecule has 33 heavy (non-hydrogen) atoms. The minimum absolute atomic E-state index is 0.146. The number of rotatable bonds is 5. The number of aromatic nitrogens is 4. The maximum atomic E-state index is 14.0. The van der Waals surface area contributed by atoms with E-state index < -0.39 is 23.1 Å². The van der Waals surface area contributed by atoms with Crippen LogP contribution in [0.4, 0.5) is 14.5 Å². The van der Waals surface area contributed by atoms with Gasteiger partial charge in [0, 0.05) is 38.3 Å². The number of phenols is 1. The van der Waals surface area contributed by atoms with Gasteiger partial charge < -0.3 is 20.7 Å². The van der Waals surface area contributed by atoms with Crippen LogP contribution in [0.25, 0.3) is 22.6 Å². The molecule has 2 aromatic carbocycles. The zero-order chi connectivity index (χ0) is 22.9. The average molecular weight is 453 g/mol. The number of nitrogens with zero attached hydrogens (tertiary/aromatic N) is 3. The Kier molecular flexibility index (Phi) is 5.48. The van der Waals surface area contributed by atoms with Crippen molar-refractivity contribution in [2.24, 2.45) is 0 Å². The fourth-order valence-electron chi connectivity index (χ4n) is 3.95. The van der Waals surface area contributed by atoms with Crippen LogP contribution < -0.4 is 10.6 Å². The third-order valence-electron chi connectivity index (χ3n) is 5.64. The first-order valence-electron chi connectivity index (χ1n) is 10.4. The van der Waals surface area contributed by atoms with Crippen molar-refractivity contribution in [1.29, 1.82) is 0 Å². The summed E-state index contributed by atoms with van der Waals surface area (Å²) >= 11 is 0. The van der Waals surface area contributed by atoms with Crippen LogP contribution in [0, 0.1) is 11.6 Å². The number of anilines is 1. The van der Waals surface area contributed by atoms with Crippen molar-refractivity contribution in [1.82, 2.24) is 30.4 Å². The Hall–Kier alpha value is -3.83. The highest BCUT2D eigenvalue weighted by molar-refractivity contribution is 6.06. The van der Waals surface area contributed by atoms with Crippen LogP contribution in [0.3, 0.4) is 0 Å². The molecule has 9 nitrogen and oxygen atoms in total. The Morgan fingerprint density at radius 2 is 1.91 bits per heavy atom. The van der Waals surface area contributed by atoms with Gasteiger partial charge in [0.05, 0.1) is 22.9 Å². The van der Waals surface area contributed by atoms with E-state index in [1.165, 1.54) is 12.3 Å². The molecule has 1 fully saturated rings. The molecular weight excluding hydrogens is 432 g/mol. The maximum absolute atomic E-state index is 14.0. The molecule has 0 radical (unpaired) electrons. The van der Waals surface area contributed by atoms with E-state index in [9.17, 15) is 18.7 Å². The normalized spacial score (nSPS) is 14.6. The smallest absolute Gasteiger partial charge is 0.261 e. The molecule has 1 aliphatic heterocycles. The van der Waals surface area contributed by atoms with Gasteiger partial charge in [-0.05, 0) is 24.3 Å². The molecule has 0 unspecified atom stereocenters. The molecule has 5 N–H and O–H groups in total. The van der Waals surface area contributed by atoms with Gasteiger partial charge in [0.15, 0.2) is 5.82 Å². The summed E-state index contributed by atoms with van der Waals surface area (Å²) in [6.45, 7) is 4.01. The zero-order valence-corrected chi connectivity index (χ0v) is 17.5. The Labute approximate surface area is 186 Å². The van der Waals surface area contributed by atoms with Crippen LogP contribution >= 0.6 is 0 Å². The monoisotopic (exact) mass is 453 g/mol. The SMILES string of the molecule is O=C(Nc1cn[nH]c1-c1nc2c(CN3CCNCC3)c(O)ccc2[nH]1)c1c(F)cccc1F. The molecule has 1 saturated heterocycles. The summed E-state index contributed by atoms with van der Waals surface area (Å²) in [5, 5.41) is 23.0. The molecule has 170 valence electrons. The van der Waals surface area contributed by atoms with E-state index in [0.29, 0.717) is 34.7 Å². The molecule has 5 rings (SSSR count). The molecule has 3 heterocycles. The number of halogens is 2. The van der Waals surface area contributed by atoms with Crippen LogP contribution in [-0.4, -0.2) is 62.3 Å². The Morgan fingerprint density at radius 3 is 2.67 bits per heavy atom. The minimum atomic E-state index is -0.964. The molecule has 11 heteroatoms. The van der Waals surface area contributed by atoms with Crippen LogP contribution in [0.2, 0.25) is 0 Å². The molecular formula is C22H21F2N7O2. The van der Waals surface area contributed by atoms with Gasteiger partial charge >= 0.3 is 0 Å². The van der Waals surface area contributed by atoms with Gasteiger partial charge in [-0.15, -0.1) is 0 Å². The molecule has 1 aliphatic rings. The highest BCUT2D eigenvalue weighted by atomic mass is 19.1. The highest BCUT2D eigenvalue weighted by Crippen LogP contribution is 2.31. The number of piperazine rings is 1. The quantitative estimate of drug-likeness (QED) is 0.317. The van der Waals surface area contributed by atoms with E-state index in [0.717, 1.165) is 38.3 Å². The van der Waals surface area contributed by atoms with Gasteiger partial charge in [-0.25, -0.2) is 13.8 Å². The van der Waals surface area contributed by atoms with Crippen molar-refractivity contribution in [2.75, 3.05) is 31.5 Å². The first kappa shape index (κ1) is 21.0. The summed E-state index contributed by atoms with van der Waals surface area (Å²) < 4.78 is 28.0. The topological polar surface area (TPSA) is 122 Å². The number of H-pyrrole nitrogens is 2. The predicted octanol–water partition coefficient (Wildman–Crippen LogP) is 2.59. The van der Waals surface area contributed by atoms with Crippen molar-refractivity contribution in [3.63, 3.8) is 0 Å². The third-order valence-corrected chi connectivity index (χ3v) is 5.64. The molecule has 0 saturated carbocycles. The first-order chi connectivity index (χ1) is 16.0. The lowest BCUT2D eigenvalue weighted by Crippen LogP contribution is -2.42. The zero-order valence-electron chi connectivity index (χ0n) is 17.5. The number of carbonyl (C=O) groups excluding carboxylic acids is 1. The molecule has 0 atom stereocenters. The van der Waals surface area contributed by atoms with Gasteiger partial charge in [-0.3, -0.25) is 14.8 Å². The molecule has 4 aromatic rings. The highest BCUT2D eigenvalue weighted by Gasteiger charge is 2.22. The Bertz CT molecular complexity index is 1310.